The van der Waals surface area contributed by atoms with Crippen LogP contribution in [0.3, 0.4) is 0 Å². The molecule has 1 amide bonds. The smallest absolute Gasteiger partial charge is 0.244 e. The highest BCUT2D eigenvalue weighted by Crippen LogP contribution is 2.02. The first-order valence-corrected chi connectivity index (χ1v) is 5.07. The maximum atomic E-state index is 11.4. The molecule has 1 aliphatic rings. The first-order valence-electron chi connectivity index (χ1n) is 5.07. The molecule has 0 radical (unpaired) electrons. The Kier molecular flexibility index (Phi) is 3.19. The van der Waals surface area contributed by atoms with Gasteiger partial charge in [0.2, 0.25) is 5.91 Å². The first-order chi connectivity index (χ1) is 7.34. The highest BCUT2D eigenvalue weighted by atomic mass is 16.3. The molecule has 4 nitrogen and oxygen atoms in total. The van der Waals surface area contributed by atoms with Crippen LogP contribution >= 0.6 is 0 Å². The molecule has 0 aromatic carbocycles. The third kappa shape index (κ3) is 2.95. The van der Waals surface area contributed by atoms with Gasteiger partial charge in [-0.05, 0) is 31.2 Å². The van der Waals surface area contributed by atoms with Gasteiger partial charge in [0.15, 0.2) is 0 Å². The van der Waals surface area contributed by atoms with Gasteiger partial charge in [0.1, 0.15) is 5.76 Å². The van der Waals surface area contributed by atoms with Crippen LogP contribution in [0.15, 0.2) is 28.9 Å². The summed E-state index contributed by atoms with van der Waals surface area (Å²) in [4.78, 5) is 11.4. The van der Waals surface area contributed by atoms with Crippen LogP contribution in [0.5, 0.6) is 0 Å². The SMILES string of the molecule is O=C(/C=C/c1ccco1)NC1CCNC1. The number of hydrogen-bond acceptors (Lipinski definition) is 3. The van der Waals surface area contributed by atoms with Gasteiger partial charge in [0, 0.05) is 18.7 Å². The predicted octanol–water partition coefficient (Wildman–Crippen LogP) is 0.771. The molecule has 0 bridgehead atoms. The molecule has 1 fully saturated rings. The molecule has 1 unspecified atom stereocenters. The quantitative estimate of drug-likeness (QED) is 0.718. The molecule has 1 atom stereocenters. The maximum Gasteiger partial charge on any atom is 0.244 e. The number of nitrogens with one attached hydrogen (secondary N) is 2. The molecule has 0 aliphatic carbocycles. The second-order valence-corrected chi connectivity index (χ2v) is 3.55. The highest BCUT2D eigenvalue weighted by molar-refractivity contribution is 5.91. The van der Waals surface area contributed by atoms with Gasteiger partial charge in [-0.25, -0.2) is 0 Å². The first kappa shape index (κ1) is 9.98. The molecule has 80 valence electrons. The monoisotopic (exact) mass is 206 g/mol. The molecular formula is C11H14N2O2. The average Bonchev–Trinajstić information content (AvgIpc) is 2.86. The molecule has 2 rings (SSSR count). The molecule has 1 aromatic rings. The zero-order valence-corrected chi connectivity index (χ0v) is 8.40. The number of amides is 1. The Labute approximate surface area is 88.3 Å². The third-order valence-electron chi connectivity index (χ3n) is 2.35. The summed E-state index contributed by atoms with van der Waals surface area (Å²) in [5.74, 6) is 0.620. The minimum atomic E-state index is -0.0694. The minimum absolute atomic E-state index is 0.0694. The van der Waals surface area contributed by atoms with E-state index >= 15 is 0 Å². The van der Waals surface area contributed by atoms with Gasteiger partial charge in [-0.15, -0.1) is 0 Å². The Morgan fingerprint density at radius 2 is 2.60 bits per heavy atom. The molecular weight excluding hydrogens is 192 g/mol. The van der Waals surface area contributed by atoms with Crippen LogP contribution in [0.25, 0.3) is 6.08 Å². The van der Waals surface area contributed by atoms with Crippen LogP contribution in [0.4, 0.5) is 0 Å². The summed E-state index contributed by atoms with van der Waals surface area (Å²) < 4.78 is 5.07. The fourth-order valence-corrected chi connectivity index (χ4v) is 1.57. The molecule has 0 saturated carbocycles. The lowest BCUT2D eigenvalue weighted by Crippen LogP contribution is -2.34. The van der Waals surface area contributed by atoms with Crippen molar-refractivity contribution in [2.45, 2.75) is 12.5 Å². The van der Waals surface area contributed by atoms with Crippen LogP contribution in [0, 0.1) is 0 Å². The van der Waals surface area contributed by atoms with Crippen molar-refractivity contribution in [3.05, 3.63) is 30.2 Å². The summed E-state index contributed by atoms with van der Waals surface area (Å²) in [6, 6.07) is 3.86. The van der Waals surface area contributed by atoms with Crippen molar-refractivity contribution < 1.29 is 9.21 Å². The van der Waals surface area contributed by atoms with Crippen LogP contribution < -0.4 is 10.6 Å². The summed E-state index contributed by atoms with van der Waals surface area (Å²) >= 11 is 0. The number of hydrogen-bond donors (Lipinski definition) is 2. The van der Waals surface area contributed by atoms with Crippen molar-refractivity contribution in [2.75, 3.05) is 13.1 Å². The molecule has 2 N–H and O–H groups in total. The minimum Gasteiger partial charge on any atom is -0.465 e. The lowest BCUT2D eigenvalue weighted by molar-refractivity contribution is -0.117. The van der Waals surface area contributed by atoms with Gasteiger partial charge >= 0.3 is 0 Å². The van der Waals surface area contributed by atoms with E-state index in [0.29, 0.717) is 5.76 Å². The molecule has 4 heteroatoms. The standard InChI is InChI=1S/C11H14N2O2/c14-11(13-9-5-6-12-8-9)4-3-10-2-1-7-15-10/h1-4,7,9,12H,5-6,8H2,(H,13,14)/b4-3+. The number of furan rings is 1. The second-order valence-electron chi connectivity index (χ2n) is 3.55. The van der Waals surface area contributed by atoms with Crippen molar-refractivity contribution in [1.82, 2.24) is 10.6 Å². The van der Waals surface area contributed by atoms with E-state index in [9.17, 15) is 4.79 Å². The zero-order chi connectivity index (χ0) is 10.5. The van der Waals surface area contributed by atoms with Crippen molar-refractivity contribution in [2.24, 2.45) is 0 Å². The van der Waals surface area contributed by atoms with Crippen molar-refractivity contribution in [1.29, 1.82) is 0 Å². The Morgan fingerprint density at radius 3 is 3.27 bits per heavy atom. The number of carbonyl (C=O) groups excluding carboxylic acids is 1. The van der Waals surface area contributed by atoms with Gasteiger partial charge in [0.25, 0.3) is 0 Å². The third-order valence-corrected chi connectivity index (χ3v) is 2.35. The van der Waals surface area contributed by atoms with Crippen LogP contribution in [-0.2, 0) is 4.79 Å². The number of carbonyl (C=O) groups is 1. The van der Waals surface area contributed by atoms with E-state index in [0.717, 1.165) is 19.5 Å². The van der Waals surface area contributed by atoms with E-state index in [1.165, 1.54) is 6.08 Å². The van der Waals surface area contributed by atoms with Crippen molar-refractivity contribution in [3.8, 4) is 0 Å². The summed E-state index contributed by atoms with van der Waals surface area (Å²) in [5.41, 5.74) is 0. The summed E-state index contributed by atoms with van der Waals surface area (Å²) in [6.07, 6.45) is 5.74. The lowest BCUT2D eigenvalue weighted by Gasteiger charge is -2.07. The zero-order valence-electron chi connectivity index (χ0n) is 8.40. The van der Waals surface area contributed by atoms with Gasteiger partial charge < -0.3 is 15.1 Å². The Hall–Kier alpha value is -1.55. The van der Waals surface area contributed by atoms with Crippen LogP contribution in [0.2, 0.25) is 0 Å². The van der Waals surface area contributed by atoms with Crippen molar-refractivity contribution >= 4 is 12.0 Å². The number of rotatable bonds is 3. The molecule has 15 heavy (non-hydrogen) atoms. The summed E-state index contributed by atoms with van der Waals surface area (Å²) in [7, 11) is 0. The Morgan fingerprint density at radius 1 is 1.67 bits per heavy atom. The lowest BCUT2D eigenvalue weighted by atomic mass is 10.2. The van der Waals surface area contributed by atoms with Gasteiger partial charge in [0.05, 0.1) is 6.26 Å². The fourth-order valence-electron chi connectivity index (χ4n) is 1.57. The van der Waals surface area contributed by atoms with Gasteiger partial charge in [-0.3, -0.25) is 4.79 Å². The summed E-state index contributed by atoms with van der Waals surface area (Å²) in [5, 5.41) is 6.10. The van der Waals surface area contributed by atoms with E-state index in [2.05, 4.69) is 10.6 Å². The summed E-state index contributed by atoms with van der Waals surface area (Å²) in [6.45, 7) is 1.84. The molecule has 1 saturated heterocycles. The van der Waals surface area contributed by atoms with E-state index in [4.69, 9.17) is 4.42 Å². The van der Waals surface area contributed by atoms with Crippen LogP contribution in [0.1, 0.15) is 12.2 Å². The normalized spacial score (nSPS) is 20.9. The molecule has 1 aromatic heterocycles. The highest BCUT2D eigenvalue weighted by Gasteiger charge is 2.14. The van der Waals surface area contributed by atoms with E-state index in [-0.39, 0.29) is 11.9 Å². The van der Waals surface area contributed by atoms with E-state index in [1.807, 2.05) is 0 Å². The Bertz CT molecular complexity index is 337. The van der Waals surface area contributed by atoms with Crippen LogP contribution in [-0.4, -0.2) is 25.0 Å². The largest absolute Gasteiger partial charge is 0.465 e. The predicted molar refractivity (Wildman–Crippen MR) is 57.2 cm³/mol. The second kappa shape index (κ2) is 4.79. The Balaban J connectivity index is 1.81. The maximum absolute atomic E-state index is 11.4. The fraction of sp³-hybridized carbons (Fsp3) is 0.364. The topological polar surface area (TPSA) is 54.3 Å². The van der Waals surface area contributed by atoms with Crippen molar-refractivity contribution in [3.63, 3.8) is 0 Å². The van der Waals surface area contributed by atoms with Gasteiger partial charge in [-0.2, -0.15) is 0 Å². The van der Waals surface area contributed by atoms with E-state index < -0.39 is 0 Å². The molecule has 0 spiro atoms. The molecule has 2 heterocycles. The van der Waals surface area contributed by atoms with Gasteiger partial charge in [-0.1, -0.05) is 0 Å². The average molecular weight is 206 g/mol. The van der Waals surface area contributed by atoms with E-state index in [1.54, 1.807) is 24.5 Å². The molecule has 1 aliphatic heterocycles.